The molecule has 0 aliphatic carbocycles. The first-order chi connectivity index (χ1) is 17.6. The number of nitrogens with zero attached hydrogens (tertiary/aromatic N) is 3. The lowest BCUT2D eigenvalue weighted by Gasteiger charge is -2.24. The number of aliphatic imine (C=N–C) groups is 1. The molecule has 0 radical (unpaired) electrons. The number of hydrogen-bond acceptors (Lipinski definition) is 5. The van der Waals surface area contributed by atoms with Gasteiger partial charge in [-0.15, -0.1) is 0 Å². The average Bonchev–Trinajstić information content (AvgIpc) is 3.04. The third kappa shape index (κ3) is 4.96. The Labute approximate surface area is 213 Å². The molecule has 0 saturated heterocycles. The second kappa shape index (κ2) is 10.4. The van der Waals surface area contributed by atoms with Gasteiger partial charge in [-0.05, 0) is 23.8 Å². The summed E-state index contributed by atoms with van der Waals surface area (Å²) < 4.78 is 5.37. The molecule has 8 heteroatoms. The van der Waals surface area contributed by atoms with Crippen LogP contribution >= 0.6 is 11.6 Å². The fourth-order valence-electron chi connectivity index (χ4n) is 3.90. The Morgan fingerprint density at radius 1 is 0.917 bits per heavy atom. The number of anilines is 2. The smallest absolute Gasteiger partial charge is 0.409 e. The van der Waals surface area contributed by atoms with Crippen molar-refractivity contribution in [1.82, 2.24) is 10.3 Å². The summed E-state index contributed by atoms with van der Waals surface area (Å²) in [4.78, 5) is 37.1. The molecule has 4 aromatic rings. The van der Waals surface area contributed by atoms with Crippen molar-refractivity contribution in [3.8, 4) is 0 Å². The lowest BCUT2D eigenvalue weighted by molar-refractivity contribution is -0.119. The molecule has 0 spiro atoms. The quantitative estimate of drug-likeness (QED) is 0.395. The number of benzene rings is 3. The molecule has 1 atom stereocenters. The van der Waals surface area contributed by atoms with E-state index >= 15 is 0 Å². The third-order valence-corrected chi connectivity index (χ3v) is 5.79. The monoisotopic (exact) mass is 496 g/mol. The topological polar surface area (TPSA) is 83.9 Å². The van der Waals surface area contributed by atoms with Crippen LogP contribution in [0, 0.1) is 0 Å². The maximum absolute atomic E-state index is 13.9. The van der Waals surface area contributed by atoms with Gasteiger partial charge < -0.3 is 4.74 Å². The van der Waals surface area contributed by atoms with Crippen LogP contribution in [0.25, 0.3) is 0 Å². The number of hydrogen-bond donors (Lipinski definition) is 1. The van der Waals surface area contributed by atoms with Gasteiger partial charge in [-0.3, -0.25) is 15.0 Å². The van der Waals surface area contributed by atoms with E-state index in [1.54, 1.807) is 12.1 Å². The highest BCUT2D eigenvalue weighted by Crippen LogP contribution is 2.33. The molecule has 1 aliphatic rings. The molecule has 2 heterocycles. The van der Waals surface area contributed by atoms with Crippen molar-refractivity contribution in [3.05, 3.63) is 125 Å². The zero-order chi connectivity index (χ0) is 24.9. The number of amides is 2. The number of para-hydroxylation sites is 1. The van der Waals surface area contributed by atoms with Gasteiger partial charge in [0, 0.05) is 17.3 Å². The summed E-state index contributed by atoms with van der Waals surface area (Å²) in [5, 5.41) is 3.07. The van der Waals surface area contributed by atoms with Crippen LogP contribution in [0.3, 0.4) is 0 Å². The molecular formula is C28H21ClN4O3. The zero-order valence-corrected chi connectivity index (χ0v) is 19.8. The van der Waals surface area contributed by atoms with E-state index < -0.39 is 18.2 Å². The van der Waals surface area contributed by atoms with E-state index in [1.165, 1.54) is 11.1 Å². The number of halogens is 1. The van der Waals surface area contributed by atoms with Gasteiger partial charge in [0.25, 0.3) is 5.91 Å². The number of nitrogens with one attached hydrogen (secondary N) is 1. The van der Waals surface area contributed by atoms with Gasteiger partial charge in [0.05, 0.1) is 16.4 Å². The van der Waals surface area contributed by atoms with E-state index in [2.05, 4.69) is 10.3 Å². The van der Waals surface area contributed by atoms with E-state index in [-0.39, 0.29) is 6.61 Å². The molecule has 2 amide bonds. The van der Waals surface area contributed by atoms with Gasteiger partial charge >= 0.3 is 6.09 Å². The molecule has 0 bridgehead atoms. The molecule has 5 rings (SSSR count). The summed E-state index contributed by atoms with van der Waals surface area (Å²) in [6, 6.07) is 29.5. The number of pyridine rings is 1. The Morgan fingerprint density at radius 2 is 1.61 bits per heavy atom. The van der Waals surface area contributed by atoms with Gasteiger partial charge in [-0.25, -0.2) is 14.8 Å². The number of fused-ring (bicyclic) bond motifs is 1. The first kappa shape index (κ1) is 23.3. The van der Waals surface area contributed by atoms with Gasteiger partial charge in [0.2, 0.25) is 6.17 Å². The molecule has 36 heavy (non-hydrogen) atoms. The lowest BCUT2D eigenvalue weighted by atomic mass is 10.0. The highest BCUT2D eigenvalue weighted by Gasteiger charge is 2.34. The lowest BCUT2D eigenvalue weighted by Crippen LogP contribution is -2.46. The van der Waals surface area contributed by atoms with E-state index in [0.29, 0.717) is 22.2 Å². The normalized spacial score (nSPS) is 14.9. The van der Waals surface area contributed by atoms with Crippen molar-refractivity contribution in [3.63, 3.8) is 0 Å². The van der Waals surface area contributed by atoms with Crippen LogP contribution in [0.1, 0.15) is 16.7 Å². The zero-order valence-electron chi connectivity index (χ0n) is 19.0. The van der Waals surface area contributed by atoms with Gasteiger partial charge in [0.15, 0.2) is 0 Å². The fraction of sp³-hybridized carbons (Fsp3) is 0.0714. The molecule has 0 fully saturated rings. The molecular weight excluding hydrogens is 476 g/mol. The Bertz CT molecular complexity index is 1410. The Kier molecular flexibility index (Phi) is 6.73. The maximum atomic E-state index is 13.9. The second-order valence-corrected chi connectivity index (χ2v) is 8.41. The van der Waals surface area contributed by atoms with Crippen molar-refractivity contribution in [2.45, 2.75) is 12.8 Å². The van der Waals surface area contributed by atoms with Gasteiger partial charge in [0.1, 0.15) is 12.4 Å². The number of alkyl carbamates (subject to hydrolysis) is 1. The van der Waals surface area contributed by atoms with E-state index in [1.807, 2.05) is 84.9 Å². The Morgan fingerprint density at radius 3 is 2.33 bits per heavy atom. The van der Waals surface area contributed by atoms with Crippen LogP contribution in [-0.2, 0) is 16.1 Å². The predicted octanol–water partition coefficient (Wildman–Crippen LogP) is 5.50. The number of carbonyl (C=O) groups is 2. The second-order valence-electron chi connectivity index (χ2n) is 7.98. The van der Waals surface area contributed by atoms with Crippen LogP contribution < -0.4 is 10.2 Å². The van der Waals surface area contributed by atoms with Crippen molar-refractivity contribution >= 4 is 40.8 Å². The minimum atomic E-state index is -1.26. The average molecular weight is 497 g/mol. The van der Waals surface area contributed by atoms with Crippen LogP contribution in [0.15, 0.2) is 108 Å². The predicted molar refractivity (Wildman–Crippen MR) is 138 cm³/mol. The molecule has 0 saturated carbocycles. The van der Waals surface area contributed by atoms with Gasteiger partial charge in [-0.2, -0.15) is 0 Å². The molecule has 7 nitrogen and oxygen atoms in total. The van der Waals surface area contributed by atoms with Gasteiger partial charge in [-0.1, -0.05) is 90.5 Å². The van der Waals surface area contributed by atoms with E-state index in [4.69, 9.17) is 21.3 Å². The third-order valence-electron chi connectivity index (χ3n) is 5.57. The van der Waals surface area contributed by atoms with Crippen LogP contribution in [0.4, 0.5) is 16.3 Å². The Balaban J connectivity index is 1.54. The fourth-order valence-corrected chi connectivity index (χ4v) is 4.01. The minimum absolute atomic E-state index is 0.0610. The number of aromatic nitrogens is 1. The van der Waals surface area contributed by atoms with E-state index in [0.717, 1.165) is 16.7 Å². The van der Waals surface area contributed by atoms with Crippen molar-refractivity contribution in [1.29, 1.82) is 0 Å². The standard InChI is InChI=1S/C28H21ClN4O3/c29-21-15-16-24(30-17-21)33-23-14-8-7-13-22(23)25(20-11-5-2-6-12-20)31-26(27(33)34)32-28(35)36-18-19-9-3-1-4-10-19/h1-17,26H,18H2,(H,32,35). The number of ether oxygens (including phenoxy) is 1. The summed E-state index contributed by atoms with van der Waals surface area (Å²) in [6.07, 6.45) is -0.551. The molecule has 3 aromatic carbocycles. The molecule has 178 valence electrons. The summed E-state index contributed by atoms with van der Waals surface area (Å²) in [5.41, 5.74) is 3.49. The van der Waals surface area contributed by atoms with Crippen molar-refractivity contribution < 1.29 is 14.3 Å². The highest BCUT2D eigenvalue weighted by molar-refractivity contribution is 6.30. The summed E-state index contributed by atoms with van der Waals surface area (Å²) in [5.74, 6) is -0.134. The number of rotatable bonds is 5. The van der Waals surface area contributed by atoms with Crippen LogP contribution in [0.2, 0.25) is 5.02 Å². The number of benzodiazepines with no additional fused rings is 1. The minimum Gasteiger partial charge on any atom is -0.445 e. The summed E-state index contributed by atoms with van der Waals surface area (Å²) in [7, 11) is 0. The van der Waals surface area contributed by atoms with Crippen LogP contribution in [-0.4, -0.2) is 28.9 Å². The maximum Gasteiger partial charge on any atom is 0.409 e. The van der Waals surface area contributed by atoms with E-state index in [9.17, 15) is 9.59 Å². The summed E-state index contributed by atoms with van der Waals surface area (Å²) >= 11 is 6.04. The van der Waals surface area contributed by atoms with Crippen LogP contribution in [0.5, 0.6) is 0 Å². The molecule has 1 aromatic heterocycles. The van der Waals surface area contributed by atoms with Crippen molar-refractivity contribution in [2.75, 3.05) is 4.90 Å². The SMILES string of the molecule is O=C(NC1N=C(c2ccccc2)c2ccccc2N(c2ccc(Cl)cn2)C1=O)OCc1ccccc1. The molecule has 1 unspecified atom stereocenters. The first-order valence-electron chi connectivity index (χ1n) is 11.3. The highest BCUT2D eigenvalue weighted by atomic mass is 35.5. The molecule has 1 N–H and O–H groups in total. The summed E-state index contributed by atoms with van der Waals surface area (Å²) in [6.45, 7) is 0.0610. The number of carbonyl (C=O) groups excluding carboxylic acids is 2. The Hall–Kier alpha value is -4.49. The largest absolute Gasteiger partial charge is 0.445 e. The first-order valence-corrected chi connectivity index (χ1v) is 11.6. The van der Waals surface area contributed by atoms with Crippen molar-refractivity contribution in [2.24, 2.45) is 4.99 Å². The molecule has 1 aliphatic heterocycles.